The molecule has 2 bridgehead atoms. The van der Waals surface area contributed by atoms with Crippen LogP contribution in [0.5, 0.6) is 0 Å². The molecule has 0 saturated carbocycles. The number of aromatic nitrogens is 8. The van der Waals surface area contributed by atoms with E-state index in [4.69, 9.17) is 0 Å². The highest BCUT2D eigenvalue weighted by atomic mass is 15.6. The summed E-state index contributed by atoms with van der Waals surface area (Å²) in [5.74, 6) is 1.76. The fourth-order valence-electron chi connectivity index (χ4n) is 2.24. The Morgan fingerprint density at radius 3 is 1.76 bits per heavy atom. The molecule has 10 nitrogen and oxygen atoms in total. The van der Waals surface area contributed by atoms with Gasteiger partial charge in [-0.05, 0) is 20.9 Å². The molecular formula is C7H10N10. The molecule has 0 amide bonds. The molecule has 10 heteroatoms. The van der Waals surface area contributed by atoms with Crippen LogP contribution in [0.3, 0.4) is 0 Å². The number of hydrogen-bond donors (Lipinski definition) is 0. The summed E-state index contributed by atoms with van der Waals surface area (Å²) >= 11 is 0. The van der Waals surface area contributed by atoms with Gasteiger partial charge in [-0.25, -0.2) is 9.36 Å². The molecule has 0 aliphatic carbocycles. The standard InChI is InChI=1S/C7H10N10/c1-6-8-10-12-16(6)5-15-2-7-9-11-13-17(7)4-14(1)3-15/h1-5H2. The second-order valence-corrected chi connectivity index (χ2v) is 4.27. The lowest BCUT2D eigenvalue weighted by Crippen LogP contribution is -2.33. The quantitative estimate of drug-likeness (QED) is 0.510. The summed E-state index contributed by atoms with van der Waals surface area (Å²) in [5, 5.41) is 23.4. The van der Waals surface area contributed by atoms with Gasteiger partial charge in [0, 0.05) is 0 Å². The van der Waals surface area contributed by atoms with Gasteiger partial charge in [-0.2, -0.15) is 0 Å². The van der Waals surface area contributed by atoms with Crippen LogP contribution < -0.4 is 0 Å². The maximum Gasteiger partial charge on any atom is 0.166 e. The number of rotatable bonds is 0. The Morgan fingerprint density at radius 2 is 1.24 bits per heavy atom. The SMILES string of the molecule is C1c2nnnn2CN2Cc3nnnn3CN1C2. The first-order chi connectivity index (χ1) is 8.38. The third kappa shape index (κ3) is 1.41. The first kappa shape index (κ1) is 9.13. The summed E-state index contributed by atoms with van der Waals surface area (Å²) in [4.78, 5) is 4.42. The molecule has 4 rings (SSSR count). The van der Waals surface area contributed by atoms with Crippen LogP contribution >= 0.6 is 0 Å². The molecule has 4 heterocycles. The summed E-state index contributed by atoms with van der Waals surface area (Å²) in [7, 11) is 0. The molecule has 0 N–H and O–H groups in total. The van der Waals surface area contributed by atoms with Gasteiger partial charge < -0.3 is 0 Å². The van der Waals surface area contributed by atoms with Gasteiger partial charge in [0.1, 0.15) is 0 Å². The molecule has 2 unspecified atom stereocenters. The van der Waals surface area contributed by atoms with E-state index in [9.17, 15) is 0 Å². The van der Waals surface area contributed by atoms with E-state index < -0.39 is 0 Å². The largest absolute Gasteiger partial charge is 0.263 e. The van der Waals surface area contributed by atoms with Gasteiger partial charge in [0.25, 0.3) is 0 Å². The molecular weight excluding hydrogens is 224 g/mol. The van der Waals surface area contributed by atoms with Crippen molar-refractivity contribution in [1.29, 1.82) is 0 Å². The predicted molar refractivity (Wildman–Crippen MR) is 51.6 cm³/mol. The lowest BCUT2D eigenvalue weighted by atomic mass is 10.5. The van der Waals surface area contributed by atoms with Crippen LogP contribution in [0.2, 0.25) is 0 Å². The molecule has 2 aromatic rings. The van der Waals surface area contributed by atoms with Crippen molar-refractivity contribution in [3.05, 3.63) is 11.6 Å². The van der Waals surface area contributed by atoms with E-state index in [1.807, 2.05) is 9.36 Å². The maximum atomic E-state index is 4.02. The monoisotopic (exact) mass is 234 g/mol. The normalized spacial score (nSPS) is 26.8. The zero-order chi connectivity index (χ0) is 11.2. The molecule has 0 fully saturated rings. The summed E-state index contributed by atoms with van der Waals surface area (Å²) in [6.07, 6.45) is 0. The maximum absolute atomic E-state index is 4.02. The molecule has 0 spiro atoms. The Bertz CT molecular complexity index is 453. The Morgan fingerprint density at radius 1 is 0.706 bits per heavy atom. The molecule has 0 saturated heterocycles. The highest BCUT2D eigenvalue weighted by Crippen LogP contribution is 2.15. The highest BCUT2D eigenvalue weighted by Gasteiger charge is 2.27. The van der Waals surface area contributed by atoms with Crippen LogP contribution in [0.25, 0.3) is 0 Å². The smallest absolute Gasteiger partial charge is 0.166 e. The van der Waals surface area contributed by atoms with Gasteiger partial charge in [0.15, 0.2) is 11.6 Å². The zero-order valence-corrected chi connectivity index (χ0v) is 9.01. The van der Waals surface area contributed by atoms with Crippen molar-refractivity contribution in [2.45, 2.75) is 26.4 Å². The number of fused-ring (bicyclic) bond motifs is 4. The average molecular weight is 234 g/mol. The number of tetrazole rings is 2. The molecule has 0 aromatic carbocycles. The van der Waals surface area contributed by atoms with Crippen LogP contribution in [0, 0.1) is 0 Å². The van der Waals surface area contributed by atoms with E-state index >= 15 is 0 Å². The van der Waals surface area contributed by atoms with E-state index in [1.165, 1.54) is 0 Å². The van der Waals surface area contributed by atoms with Gasteiger partial charge in [0.05, 0.1) is 33.1 Å². The molecule has 0 radical (unpaired) electrons. The zero-order valence-electron chi connectivity index (χ0n) is 9.01. The van der Waals surface area contributed by atoms with E-state index in [-0.39, 0.29) is 0 Å². The summed E-state index contributed by atoms with van der Waals surface area (Å²) in [6.45, 7) is 3.61. The van der Waals surface area contributed by atoms with Crippen LogP contribution in [0.1, 0.15) is 11.6 Å². The Labute approximate surface area is 95.8 Å². The second kappa shape index (κ2) is 3.28. The van der Waals surface area contributed by atoms with Crippen molar-refractivity contribution in [2.75, 3.05) is 6.67 Å². The molecule has 2 aliphatic rings. The molecule has 2 aromatic heterocycles. The number of nitrogens with zero attached hydrogens (tertiary/aromatic N) is 10. The van der Waals surface area contributed by atoms with Gasteiger partial charge in [0.2, 0.25) is 0 Å². The molecule has 2 atom stereocenters. The van der Waals surface area contributed by atoms with Crippen molar-refractivity contribution >= 4 is 0 Å². The van der Waals surface area contributed by atoms with Gasteiger partial charge in [-0.3, -0.25) is 9.80 Å². The second-order valence-electron chi connectivity index (χ2n) is 4.27. The molecule has 88 valence electrons. The topological polar surface area (TPSA) is 93.7 Å². The summed E-state index contributed by atoms with van der Waals surface area (Å²) < 4.78 is 3.64. The van der Waals surface area contributed by atoms with Crippen LogP contribution in [0.15, 0.2) is 0 Å². The van der Waals surface area contributed by atoms with Crippen LogP contribution in [-0.2, 0) is 26.4 Å². The predicted octanol–water partition coefficient (Wildman–Crippen LogP) is -2.14. The van der Waals surface area contributed by atoms with E-state index in [0.29, 0.717) is 26.4 Å². The highest BCUT2D eigenvalue weighted by molar-refractivity contribution is 4.89. The third-order valence-electron chi connectivity index (χ3n) is 3.01. The summed E-state index contributed by atoms with van der Waals surface area (Å²) in [5.41, 5.74) is 0. The minimum absolute atomic E-state index is 0.672. The van der Waals surface area contributed by atoms with Crippen LogP contribution in [0.4, 0.5) is 0 Å². The first-order valence-corrected chi connectivity index (χ1v) is 5.33. The minimum atomic E-state index is 0.672. The van der Waals surface area contributed by atoms with Gasteiger partial charge in [-0.1, -0.05) is 0 Å². The van der Waals surface area contributed by atoms with Gasteiger partial charge in [-0.15, -0.1) is 10.2 Å². The lowest BCUT2D eigenvalue weighted by molar-refractivity contribution is 0.100. The van der Waals surface area contributed by atoms with Gasteiger partial charge >= 0.3 is 0 Å². The lowest BCUT2D eigenvalue weighted by Gasteiger charge is -2.21. The van der Waals surface area contributed by atoms with E-state index in [1.54, 1.807) is 0 Å². The van der Waals surface area contributed by atoms with E-state index in [2.05, 4.69) is 40.9 Å². The van der Waals surface area contributed by atoms with Crippen molar-refractivity contribution in [3.63, 3.8) is 0 Å². The molecule has 2 aliphatic heterocycles. The average Bonchev–Trinajstić information content (AvgIpc) is 2.84. The minimum Gasteiger partial charge on any atom is -0.263 e. The summed E-state index contributed by atoms with van der Waals surface area (Å²) in [6, 6.07) is 0. The van der Waals surface area contributed by atoms with Crippen molar-refractivity contribution in [2.24, 2.45) is 0 Å². The van der Waals surface area contributed by atoms with E-state index in [0.717, 1.165) is 18.3 Å². The Balaban J connectivity index is 1.74. The fourth-order valence-corrected chi connectivity index (χ4v) is 2.24. The number of hydrogen-bond acceptors (Lipinski definition) is 8. The fraction of sp³-hybridized carbons (Fsp3) is 0.714. The van der Waals surface area contributed by atoms with Crippen molar-refractivity contribution < 1.29 is 0 Å². The Hall–Kier alpha value is -1.94. The Kier molecular flexibility index (Phi) is 1.76. The first-order valence-electron chi connectivity index (χ1n) is 5.33. The third-order valence-corrected chi connectivity index (χ3v) is 3.01. The van der Waals surface area contributed by atoms with Crippen molar-refractivity contribution in [1.82, 2.24) is 50.2 Å². The van der Waals surface area contributed by atoms with Crippen molar-refractivity contribution in [3.8, 4) is 0 Å². The molecule has 17 heavy (non-hydrogen) atoms. The van der Waals surface area contributed by atoms with Crippen LogP contribution in [-0.4, -0.2) is 56.9 Å².